The second-order valence-corrected chi connectivity index (χ2v) is 7.94. The van der Waals surface area contributed by atoms with E-state index in [9.17, 15) is 4.79 Å². The highest BCUT2D eigenvalue weighted by molar-refractivity contribution is 5.97. The van der Waals surface area contributed by atoms with Crippen molar-refractivity contribution in [1.82, 2.24) is 19.9 Å². The molecule has 0 bridgehead atoms. The Morgan fingerprint density at radius 3 is 2.62 bits per heavy atom. The number of hydrogen-bond donors (Lipinski definition) is 0. The Bertz CT molecular complexity index is 1240. The van der Waals surface area contributed by atoms with Gasteiger partial charge in [-0.2, -0.15) is 4.98 Å². The number of carbonyl (C=O) groups excluding carboxylic acids is 1. The number of benzene rings is 2. The Balaban J connectivity index is 1.20. The second kappa shape index (κ2) is 8.47. The summed E-state index contributed by atoms with van der Waals surface area (Å²) < 4.78 is 16.6. The lowest BCUT2D eigenvalue weighted by atomic mass is 10.1. The number of nitrogens with zero attached hydrogens (tertiary/aromatic N) is 4. The summed E-state index contributed by atoms with van der Waals surface area (Å²) in [6.45, 7) is 5.25. The van der Waals surface area contributed by atoms with Gasteiger partial charge in [-0.1, -0.05) is 47.1 Å². The largest absolute Gasteiger partial charge is 0.493 e. The lowest BCUT2D eigenvalue weighted by molar-refractivity contribution is 0.0587. The first-order chi connectivity index (χ1) is 15.6. The van der Waals surface area contributed by atoms with E-state index in [-0.39, 0.29) is 5.91 Å². The van der Waals surface area contributed by atoms with Crippen molar-refractivity contribution in [2.75, 3.05) is 33.3 Å². The molecule has 1 saturated heterocycles. The van der Waals surface area contributed by atoms with Gasteiger partial charge in [0.2, 0.25) is 11.7 Å². The van der Waals surface area contributed by atoms with Gasteiger partial charge in [-0.25, -0.2) is 0 Å². The molecule has 3 heterocycles. The monoisotopic (exact) mass is 432 g/mol. The fourth-order valence-electron chi connectivity index (χ4n) is 3.90. The number of ether oxygens (including phenoxy) is 1. The van der Waals surface area contributed by atoms with Crippen LogP contribution in [0.25, 0.3) is 22.4 Å². The zero-order chi connectivity index (χ0) is 22.1. The van der Waals surface area contributed by atoms with Crippen LogP contribution in [0.4, 0.5) is 0 Å². The Kier molecular flexibility index (Phi) is 5.36. The summed E-state index contributed by atoms with van der Waals surface area (Å²) in [6.07, 6.45) is 0. The lowest BCUT2D eigenvalue weighted by Gasteiger charge is -2.33. The number of carbonyl (C=O) groups is 1. The summed E-state index contributed by atoms with van der Waals surface area (Å²) in [5.41, 5.74) is 2.72. The summed E-state index contributed by atoms with van der Waals surface area (Å²) in [7, 11) is 1.59. The first-order valence-corrected chi connectivity index (χ1v) is 10.6. The maximum atomic E-state index is 13.0. The van der Waals surface area contributed by atoms with Gasteiger partial charge in [0, 0.05) is 37.1 Å². The van der Waals surface area contributed by atoms with Gasteiger partial charge in [-0.15, -0.1) is 0 Å². The summed E-state index contributed by atoms with van der Waals surface area (Å²) in [5.74, 6) is 2.01. The number of piperazine rings is 1. The Morgan fingerprint density at radius 1 is 1.09 bits per heavy atom. The SMILES string of the molecule is COc1cccc2cc(C(=O)N3CCN(Cc4nc(-c5ccc(C)cc5)no4)CC3)oc12. The third-order valence-corrected chi connectivity index (χ3v) is 5.73. The molecule has 8 heteroatoms. The van der Waals surface area contributed by atoms with Gasteiger partial charge in [0.1, 0.15) is 0 Å². The predicted molar refractivity (Wildman–Crippen MR) is 118 cm³/mol. The minimum Gasteiger partial charge on any atom is -0.493 e. The van der Waals surface area contributed by atoms with Crippen LogP contribution in [0.1, 0.15) is 22.0 Å². The maximum Gasteiger partial charge on any atom is 0.289 e. The zero-order valence-corrected chi connectivity index (χ0v) is 18.1. The highest BCUT2D eigenvalue weighted by atomic mass is 16.5. The number of hydrogen-bond acceptors (Lipinski definition) is 7. The summed E-state index contributed by atoms with van der Waals surface area (Å²) in [4.78, 5) is 21.5. The van der Waals surface area contributed by atoms with E-state index in [1.165, 1.54) is 5.56 Å². The molecule has 1 amide bonds. The van der Waals surface area contributed by atoms with Crippen molar-refractivity contribution in [3.63, 3.8) is 0 Å². The van der Waals surface area contributed by atoms with E-state index in [0.29, 0.717) is 48.4 Å². The van der Waals surface area contributed by atoms with Crippen molar-refractivity contribution in [2.45, 2.75) is 13.5 Å². The molecular formula is C24H24N4O4. The van der Waals surface area contributed by atoms with Gasteiger partial charge in [0.05, 0.1) is 13.7 Å². The second-order valence-electron chi connectivity index (χ2n) is 7.94. The van der Waals surface area contributed by atoms with Gasteiger partial charge in [-0.3, -0.25) is 9.69 Å². The Morgan fingerprint density at radius 2 is 1.88 bits per heavy atom. The Hall–Kier alpha value is -3.65. The first kappa shape index (κ1) is 20.3. The minimum absolute atomic E-state index is 0.109. The molecule has 0 atom stereocenters. The number of furan rings is 1. The van der Waals surface area contributed by atoms with Crippen molar-refractivity contribution in [3.05, 3.63) is 65.7 Å². The molecule has 8 nitrogen and oxygen atoms in total. The highest BCUT2D eigenvalue weighted by Gasteiger charge is 2.26. The molecule has 0 unspecified atom stereocenters. The van der Waals surface area contributed by atoms with Crippen LogP contribution in [0.15, 0.2) is 57.5 Å². The van der Waals surface area contributed by atoms with Crippen molar-refractivity contribution in [3.8, 4) is 17.1 Å². The third-order valence-electron chi connectivity index (χ3n) is 5.73. The molecule has 32 heavy (non-hydrogen) atoms. The van der Waals surface area contributed by atoms with Gasteiger partial charge in [0.25, 0.3) is 5.91 Å². The van der Waals surface area contributed by atoms with E-state index in [0.717, 1.165) is 24.0 Å². The van der Waals surface area contributed by atoms with Gasteiger partial charge in [0.15, 0.2) is 17.1 Å². The topological polar surface area (TPSA) is 84.8 Å². The zero-order valence-electron chi connectivity index (χ0n) is 18.1. The summed E-state index contributed by atoms with van der Waals surface area (Å²) >= 11 is 0. The van der Waals surface area contributed by atoms with Crippen molar-refractivity contribution < 1.29 is 18.5 Å². The summed E-state index contributed by atoms with van der Waals surface area (Å²) in [6, 6.07) is 15.4. The van der Waals surface area contributed by atoms with Crippen molar-refractivity contribution in [1.29, 1.82) is 0 Å². The lowest BCUT2D eigenvalue weighted by Crippen LogP contribution is -2.48. The number of methoxy groups -OCH3 is 1. The average Bonchev–Trinajstić information content (AvgIpc) is 3.46. The molecule has 2 aromatic carbocycles. The van der Waals surface area contributed by atoms with Gasteiger partial charge in [-0.05, 0) is 19.1 Å². The van der Waals surface area contributed by atoms with Crippen LogP contribution in [-0.4, -0.2) is 59.1 Å². The molecule has 0 spiro atoms. The molecule has 1 aliphatic rings. The molecule has 164 valence electrons. The molecule has 0 saturated carbocycles. The molecule has 0 radical (unpaired) electrons. The first-order valence-electron chi connectivity index (χ1n) is 10.6. The number of aryl methyl sites for hydroxylation is 1. The van der Waals surface area contributed by atoms with Crippen LogP contribution in [0.3, 0.4) is 0 Å². The average molecular weight is 432 g/mol. The third kappa shape index (κ3) is 3.97. The van der Waals surface area contributed by atoms with E-state index in [2.05, 4.69) is 15.0 Å². The van der Waals surface area contributed by atoms with Crippen LogP contribution in [0.2, 0.25) is 0 Å². The number of rotatable bonds is 5. The van der Waals surface area contributed by atoms with Gasteiger partial charge < -0.3 is 18.6 Å². The van der Waals surface area contributed by atoms with Crippen LogP contribution < -0.4 is 4.74 Å². The molecule has 1 aliphatic heterocycles. The molecule has 4 aromatic rings. The van der Waals surface area contributed by atoms with Crippen LogP contribution in [0.5, 0.6) is 5.75 Å². The van der Waals surface area contributed by atoms with Gasteiger partial charge >= 0.3 is 0 Å². The number of para-hydroxylation sites is 1. The molecule has 1 fully saturated rings. The fourth-order valence-corrected chi connectivity index (χ4v) is 3.90. The van der Waals surface area contributed by atoms with E-state index >= 15 is 0 Å². The van der Waals surface area contributed by atoms with Crippen LogP contribution in [0, 0.1) is 6.92 Å². The fraction of sp³-hybridized carbons (Fsp3) is 0.292. The van der Waals surface area contributed by atoms with Crippen molar-refractivity contribution >= 4 is 16.9 Å². The smallest absolute Gasteiger partial charge is 0.289 e. The number of aromatic nitrogens is 2. The van der Waals surface area contributed by atoms with E-state index in [1.807, 2.05) is 54.3 Å². The van der Waals surface area contributed by atoms with Crippen LogP contribution >= 0.6 is 0 Å². The minimum atomic E-state index is -0.109. The summed E-state index contributed by atoms with van der Waals surface area (Å²) in [5, 5.41) is 4.95. The molecule has 0 aliphatic carbocycles. The molecular weight excluding hydrogens is 408 g/mol. The normalized spacial score (nSPS) is 14.8. The van der Waals surface area contributed by atoms with E-state index < -0.39 is 0 Å². The molecule has 2 aromatic heterocycles. The number of amides is 1. The molecule has 5 rings (SSSR count). The predicted octanol–water partition coefficient (Wildman–Crippen LogP) is 3.76. The molecule has 0 N–H and O–H groups in total. The Labute approximate surface area is 185 Å². The van der Waals surface area contributed by atoms with Crippen LogP contribution in [-0.2, 0) is 6.54 Å². The number of fused-ring (bicyclic) bond motifs is 1. The standard InChI is InChI=1S/C24H24N4O4/c1-16-6-8-17(9-7-16)23-25-21(32-26-23)15-27-10-12-28(13-11-27)24(29)20-14-18-4-3-5-19(30-2)22(18)31-20/h3-9,14H,10-13,15H2,1-2H3. The highest BCUT2D eigenvalue weighted by Crippen LogP contribution is 2.29. The van der Waals surface area contributed by atoms with Crippen molar-refractivity contribution in [2.24, 2.45) is 0 Å². The maximum absolute atomic E-state index is 13.0. The van der Waals surface area contributed by atoms with E-state index in [1.54, 1.807) is 13.2 Å². The quantitative estimate of drug-likeness (QED) is 0.475. The van der Waals surface area contributed by atoms with E-state index in [4.69, 9.17) is 13.7 Å².